The lowest BCUT2D eigenvalue weighted by molar-refractivity contribution is -0.137. The van der Waals surface area contributed by atoms with Gasteiger partial charge in [-0.3, -0.25) is 0 Å². The summed E-state index contributed by atoms with van der Waals surface area (Å²) in [5.41, 5.74) is 1.16. The first-order valence-electron chi connectivity index (χ1n) is 7.78. The molecule has 0 radical (unpaired) electrons. The highest BCUT2D eigenvalue weighted by Gasteiger charge is 2.33. The lowest BCUT2D eigenvalue weighted by atomic mass is 10.0. The summed E-state index contributed by atoms with van der Waals surface area (Å²) in [5.74, 6) is 0.531. The largest absolute Gasteiger partial charge is 0.487 e. The molecule has 0 heterocycles. The van der Waals surface area contributed by atoms with Gasteiger partial charge in [0.2, 0.25) is 0 Å². The molecule has 0 aliphatic carbocycles. The van der Waals surface area contributed by atoms with Crippen LogP contribution in [0.1, 0.15) is 11.1 Å². The summed E-state index contributed by atoms with van der Waals surface area (Å²) in [6, 6.07) is 16.5. The molecular formula is C20H12BrCl2F3O. The van der Waals surface area contributed by atoms with Gasteiger partial charge in [0.05, 0.1) is 15.1 Å². The Morgan fingerprint density at radius 1 is 0.926 bits per heavy atom. The molecule has 0 aliphatic heterocycles. The van der Waals surface area contributed by atoms with Crippen molar-refractivity contribution in [1.29, 1.82) is 0 Å². The smallest absolute Gasteiger partial charge is 0.417 e. The highest BCUT2D eigenvalue weighted by Crippen LogP contribution is 2.38. The molecule has 0 N–H and O–H groups in total. The number of para-hydroxylation sites is 1. The van der Waals surface area contributed by atoms with Crippen molar-refractivity contribution in [3.05, 3.63) is 86.3 Å². The predicted molar refractivity (Wildman–Crippen MR) is 105 cm³/mol. The lowest BCUT2D eigenvalue weighted by Gasteiger charge is -2.15. The standard InChI is InChI=1S/C20H12BrCl2F3O/c21-17-3-1-2-15(13-5-7-14(22)8-6-13)19(17)27-11-12-4-9-18(23)16(10-12)20(24,25)26/h1-10H,11H2. The first kappa shape index (κ1) is 20.1. The number of alkyl halides is 3. The minimum Gasteiger partial charge on any atom is -0.487 e. The van der Waals surface area contributed by atoms with Crippen molar-refractivity contribution in [2.24, 2.45) is 0 Å². The van der Waals surface area contributed by atoms with Gasteiger partial charge in [0.25, 0.3) is 0 Å². The Bertz CT molecular complexity index is 956. The average Bonchev–Trinajstić information content (AvgIpc) is 2.61. The van der Waals surface area contributed by atoms with Crippen molar-refractivity contribution >= 4 is 39.1 Å². The second-order valence-electron chi connectivity index (χ2n) is 5.72. The molecule has 0 bridgehead atoms. The van der Waals surface area contributed by atoms with E-state index in [0.717, 1.165) is 17.2 Å². The third-order valence-corrected chi connectivity index (χ3v) is 5.05. The summed E-state index contributed by atoms with van der Waals surface area (Å²) >= 11 is 15.0. The molecule has 0 aliphatic rings. The second-order valence-corrected chi connectivity index (χ2v) is 7.42. The molecule has 27 heavy (non-hydrogen) atoms. The van der Waals surface area contributed by atoms with Gasteiger partial charge in [-0.25, -0.2) is 0 Å². The molecule has 0 saturated carbocycles. The van der Waals surface area contributed by atoms with Crippen LogP contribution < -0.4 is 4.74 Å². The highest BCUT2D eigenvalue weighted by atomic mass is 79.9. The molecule has 1 nitrogen and oxygen atoms in total. The number of rotatable bonds is 4. The van der Waals surface area contributed by atoms with Crippen LogP contribution in [0.15, 0.2) is 65.1 Å². The van der Waals surface area contributed by atoms with Crippen LogP contribution in [0.4, 0.5) is 13.2 Å². The minimum atomic E-state index is -4.52. The molecular weight excluding hydrogens is 464 g/mol. The molecule has 3 aromatic rings. The van der Waals surface area contributed by atoms with Crippen LogP contribution in [0.25, 0.3) is 11.1 Å². The van der Waals surface area contributed by atoms with E-state index in [4.69, 9.17) is 27.9 Å². The first-order chi connectivity index (χ1) is 12.8. The molecule has 7 heteroatoms. The molecule has 0 atom stereocenters. The van der Waals surface area contributed by atoms with Gasteiger partial charge in [0, 0.05) is 10.6 Å². The molecule has 0 amide bonds. The third-order valence-electron chi connectivity index (χ3n) is 3.84. The van der Waals surface area contributed by atoms with E-state index in [9.17, 15) is 13.2 Å². The van der Waals surface area contributed by atoms with Crippen molar-refractivity contribution < 1.29 is 17.9 Å². The van der Waals surface area contributed by atoms with Crippen LogP contribution in [0.3, 0.4) is 0 Å². The average molecular weight is 476 g/mol. The number of ether oxygens (including phenoxy) is 1. The van der Waals surface area contributed by atoms with Crippen LogP contribution in [-0.2, 0) is 12.8 Å². The number of halogens is 6. The van der Waals surface area contributed by atoms with E-state index in [0.29, 0.717) is 20.8 Å². The SMILES string of the molecule is FC(F)(F)c1cc(COc2c(Br)cccc2-c2ccc(Cl)cc2)ccc1Cl. The molecule has 0 fully saturated rings. The normalized spacial score (nSPS) is 11.5. The summed E-state index contributed by atoms with van der Waals surface area (Å²) in [7, 11) is 0. The van der Waals surface area contributed by atoms with E-state index in [-0.39, 0.29) is 11.6 Å². The number of hydrogen-bond donors (Lipinski definition) is 0. The third kappa shape index (κ3) is 4.78. The van der Waals surface area contributed by atoms with Crippen LogP contribution in [0.5, 0.6) is 5.75 Å². The Morgan fingerprint density at radius 2 is 1.63 bits per heavy atom. The fourth-order valence-electron chi connectivity index (χ4n) is 2.55. The Balaban J connectivity index is 1.90. The molecule has 3 rings (SSSR count). The molecule has 0 spiro atoms. The van der Waals surface area contributed by atoms with Gasteiger partial charge in [-0.05, 0) is 57.4 Å². The molecule has 140 valence electrons. The number of hydrogen-bond acceptors (Lipinski definition) is 1. The van der Waals surface area contributed by atoms with Gasteiger partial charge in [-0.2, -0.15) is 13.2 Å². The summed E-state index contributed by atoms with van der Waals surface area (Å²) in [6.45, 7) is -0.0382. The number of benzene rings is 3. The molecule has 0 unspecified atom stereocenters. The fourth-order valence-corrected chi connectivity index (χ4v) is 3.38. The van der Waals surface area contributed by atoms with Crippen LogP contribution in [-0.4, -0.2) is 0 Å². The van der Waals surface area contributed by atoms with Crippen molar-refractivity contribution in [2.45, 2.75) is 12.8 Å². The molecule has 0 aromatic heterocycles. The Kier molecular flexibility index (Phi) is 6.04. The van der Waals surface area contributed by atoms with Gasteiger partial charge in [0.1, 0.15) is 12.4 Å². The summed E-state index contributed by atoms with van der Waals surface area (Å²) < 4.78 is 45.6. The Morgan fingerprint density at radius 3 is 2.30 bits per heavy atom. The maximum atomic E-state index is 13.0. The fraction of sp³-hybridized carbons (Fsp3) is 0.100. The summed E-state index contributed by atoms with van der Waals surface area (Å²) in [4.78, 5) is 0. The summed E-state index contributed by atoms with van der Waals surface area (Å²) in [6.07, 6.45) is -4.52. The van der Waals surface area contributed by atoms with Gasteiger partial charge in [-0.15, -0.1) is 0 Å². The van der Waals surface area contributed by atoms with Crippen LogP contribution in [0.2, 0.25) is 10.0 Å². The van der Waals surface area contributed by atoms with E-state index < -0.39 is 11.7 Å². The maximum Gasteiger partial charge on any atom is 0.417 e. The van der Waals surface area contributed by atoms with Crippen molar-refractivity contribution in [3.8, 4) is 16.9 Å². The zero-order chi connectivity index (χ0) is 19.6. The first-order valence-corrected chi connectivity index (χ1v) is 9.33. The predicted octanol–water partition coefficient (Wildman–Crippen LogP) is 8.02. The minimum absolute atomic E-state index is 0.0382. The van der Waals surface area contributed by atoms with Crippen molar-refractivity contribution in [3.63, 3.8) is 0 Å². The van der Waals surface area contributed by atoms with Crippen molar-refractivity contribution in [2.75, 3.05) is 0 Å². The van der Waals surface area contributed by atoms with Gasteiger partial charge < -0.3 is 4.74 Å². The second kappa shape index (κ2) is 8.13. The van der Waals surface area contributed by atoms with E-state index in [1.807, 2.05) is 24.3 Å². The lowest BCUT2D eigenvalue weighted by Crippen LogP contribution is -2.07. The molecule has 3 aromatic carbocycles. The molecule has 0 saturated heterocycles. The Labute approximate surface area is 172 Å². The monoisotopic (exact) mass is 474 g/mol. The topological polar surface area (TPSA) is 9.23 Å². The van der Waals surface area contributed by atoms with E-state index in [1.165, 1.54) is 12.1 Å². The van der Waals surface area contributed by atoms with Gasteiger partial charge in [0.15, 0.2) is 0 Å². The van der Waals surface area contributed by atoms with E-state index in [1.54, 1.807) is 18.2 Å². The Hall–Kier alpha value is -1.69. The van der Waals surface area contributed by atoms with Gasteiger partial charge in [-0.1, -0.05) is 53.5 Å². The van der Waals surface area contributed by atoms with Crippen LogP contribution in [0, 0.1) is 0 Å². The summed E-state index contributed by atoms with van der Waals surface area (Å²) in [5, 5.41) is 0.269. The van der Waals surface area contributed by atoms with E-state index in [2.05, 4.69) is 15.9 Å². The van der Waals surface area contributed by atoms with E-state index >= 15 is 0 Å². The quantitative estimate of drug-likeness (QED) is 0.371. The zero-order valence-corrected chi connectivity index (χ0v) is 16.8. The van der Waals surface area contributed by atoms with Crippen LogP contribution >= 0.6 is 39.1 Å². The highest BCUT2D eigenvalue weighted by molar-refractivity contribution is 9.10. The van der Waals surface area contributed by atoms with Gasteiger partial charge >= 0.3 is 6.18 Å². The van der Waals surface area contributed by atoms with Crippen molar-refractivity contribution in [1.82, 2.24) is 0 Å². The zero-order valence-electron chi connectivity index (χ0n) is 13.7. The maximum absolute atomic E-state index is 13.0.